The molecule has 0 aliphatic rings. The predicted molar refractivity (Wildman–Crippen MR) is 73.0 cm³/mol. The van der Waals surface area contributed by atoms with Crippen molar-refractivity contribution < 1.29 is 14.3 Å². The average Bonchev–Trinajstić information content (AvgIpc) is 2.90. The number of hydrogen-bond donors (Lipinski definition) is 1. The zero-order valence-corrected chi connectivity index (χ0v) is 11.5. The van der Waals surface area contributed by atoms with E-state index in [1.54, 1.807) is 31.5 Å². The van der Waals surface area contributed by atoms with Gasteiger partial charge in [-0.05, 0) is 19.1 Å². The standard InChI is InChI=1S/C13H15N5O3/c1-2-21-13(20)11-12(9-4-3-6-15-8-9)18(17-16-11)7-5-10(14)19/h3-4,6,8H,2,5,7H2,1H3,(H2,14,19). The van der Waals surface area contributed by atoms with E-state index in [-0.39, 0.29) is 25.3 Å². The number of pyridine rings is 1. The van der Waals surface area contributed by atoms with Gasteiger partial charge in [-0.3, -0.25) is 9.78 Å². The summed E-state index contributed by atoms with van der Waals surface area (Å²) in [5.41, 5.74) is 6.35. The maximum atomic E-state index is 11.9. The highest BCUT2D eigenvalue weighted by atomic mass is 16.5. The molecule has 8 nitrogen and oxygen atoms in total. The second kappa shape index (κ2) is 6.60. The molecule has 0 saturated carbocycles. The van der Waals surface area contributed by atoms with Crippen molar-refractivity contribution in [3.05, 3.63) is 30.2 Å². The molecule has 0 atom stereocenters. The fraction of sp³-hybridized carbons (Fsp3) is 0.308. The van der Waals surface area contributed by atoms with Crippen molar-refractivity contribution in [2.45, 2.75) is 19.9 Å². The molecule has 0 fully saturated rings. The Labute approximate surface area is 120 Å². The van der Waals surface area contributed by atoms with E-state index in [9.17, 15) is 9.59 Å². The van der Waals surface area contributed by atoms with Gasteiger partial charge >= 0.3 is 5.97 Å². The van der Waals surface area contributed by atoms with E-state index in [2.05, 4.69) is 15.3 Å². The third-order valence-corrected chi connectivity index (χ3v) is 2.71. The van der Waals surface area contributed by atoms with Crippen LogP contribution in [0.1, 0.15) is 23.8 Å². The first-order valence-corrected chi connectivity index (χ1v) is 6.42. The Morgan fingerprint density at radius 1 is 1.43 bits per heavy atom. The molecule has 0 radical (unpaired) electrons. The van der Waals surface area contributed by atoms with Crippen LogP contribution >= 0.6 is 0 Å². The molecule has 110 valence electrons. The number of carbonyl (C=O) groups excluding carboxylic acids is 2. The summed E-state index contributed by atoms with van der Waals surface area (Å²) in [7, 11) is 0. The van der Waals surface area contributed by atoms with E-state index < -0.39 is 11.9 Å². The van der Waals surface area contributed by atoms with E-state index >= 15 is 0 Å². The van der Waals surface area contributed by atoms with Gasteiger partial charge in [0.15, 0.2) is 5.69 Å². The number of aromatic nitrogens is 4. The van der Waals surface area contributed by atoms with Crippen molar-refractivity contribution in [3.63, 3.8) is 0 Å². The lowest BCUT2D eigenvalue weighted by Crippen LogP contribution is -2.15. The van der Waals surface area contributed by atoms with Gasteiger partial charge in [0.05, 0.1) is 13.2 Å². The zero-order chi connectivity index (χ0) is 15.2. The van der Waals surface area contributed by atoms with E-state index in [4.69, 9.17) is 10.5 Å². The van der Waals surface area contributed by atoms with Crippen LogP contribution in [0.15, 0.2) is 24.5 Å². The number of ether oxygens (including phenoxy) is 1. The smallest absolute Gasteiger partial charge is 0.361 e. The fourth-order valence-corrected chi connectivity index (χ4v) is 1.81. The summed E-state index contributed by atoms with van der Waals surface area (Å²) in [6.07, 6.45) is 3.30. The molecule has 2 rings (SSSR count). The second-order valence-corrected chi connectivity index (χ2v) is 4.19. The van der Waals surface area contributed by atoms with E-state index in [0.717, 1.165) is 0 Å². The molecule has 8 heteroatoms. The number of esters is 1. The summed E-state index contributed by atoms with van der Waals surface area (Å²) < 4.78 is 6.41. The summed E-state index contributed by atoms with van der Waals surface area (Å²) in [4.78, 5) is 26.9. The summed E-state index contributed by atoms with van der Waals surface area (Å²) >= 11 is 0. The topological polar surface area (TPSA) is 113 Å². The van der Waals surface area contributed by atoms with Crippen molar-refractivity contribution in [2.24, 2.45) is 5.73 Å². The minimum atomic E-state index is -0.568. The van der Waals surface area contributed by atoms with Crippen LogP contribution in [0.3, 0.4) is 0 Å². The quantitative estimate of drug-likeness (QED) is 0.770. The van der Waals surface area contributed by atoms with Gasteiger partial charge in [0, 0.05) is 24.4 Å². The molecule has 2 aromatic rings. The number of primary amides is 1. The predicted octanol–water partition coefficient (Wildman–Crippen LogP) is 0.392. The summed E-state index contributed by atoms with van der Waals surface area (Å²) in [6.45, 7) is 2.17. The number of hydrogen-bond acceptors (Lipinski definition) is 6. The van der Waals surface area contributed by atoms with Crippen molar-refractivity contribution in [2.75, 3.05) is 6.61 Å². The fourth-order valence-electron chi connectivity index (χ4n) is 1.81. The maximum Gasteiger partial charge on any atom is 0.361 e. The van der Waals surface area contributed by atoms with E-state index in [1.807, 2.05) is 0 Å². The lowest BCUT2D eigenvalue weighted by Gasteiger charge is -2.06. The Morgan fingerprint density at radius 2 is 2.24 bits per heavy atom. The highest BCUT2D eigenvalue weighted by Gasteiger charge is 2.22. The molecule has 0 bridgehead atoms. The third-order valence-electron chi connectivity index (χ3n) is 2.71. The van der Waals surface area contributed by atoms with Gasteiger partial charge in [0.25, 0.3) is 0 Å². The molecular weight excluding hydrogens is 274 g/mol. The SMILES string of the molecule is CCOC(=O)c1nnn(CCC(N)=O)c1-c1cccnc1. The Bertz CT molecular complexity index is 639. The Hall–Kier alpha value is -2.77. The van der Waals surface area contributed by atoms with E-state index in [1.165, 1.54) is 4.68 Å². The van der Waals surface area contributed by atoms with Gasteiger partial charge < -0.3 is 10.5 Å². The maximum absolute atomic E-state index is 11.9. The van der Waals surface area contributed by atoms with Gasteiger partial charge in [-0.1, -0.05) is 5.21 Å². The Balaban J connectivity index is 2.42. The lowest BCUT2D eigenvalue weighted by atomic mass is 10.1. The molecule has 0 aliphatic heterocycles. The first-order valence-electron chi connectivity index (χ1n) is 6.42. The van der Waals surface area contributed by atoms with Crippen molar-refractivity contribution >= 4 is 11.9 Å². The van der Waals surface area contributed by atoms with Gasteiger partial charge in [-0.25, -0.2) is 9.48 Å². The lowest BCUT2D eigenvalue weighted by molar-refractivity contribution is -0.118. The molecule has 2 N–H and O–H groups in total. The number of nitrogens with two attached hydrogens (primary N) is 1. The van der Waals surface area contributed by atoms with Crippen LogP contribution in [0.5, 0.6) is 0 Å². The van der Waals surface area contributed by atoms with Gasteiger partial charge in [-0.15, -0.1) is 5.10 Å². The molecule has 2 aromatic heterocycles. The van der Waals surface area contributed by atoms with Crippen molar-refractivity contribution in [3.8, 4) is 11.3 Å². The Kier molecular flexibility index (Phi) is 4.60. The van der Waals surface area contributed by atoms with Crippen LogP contribution in [-0.2, 0) is 16.1 Å². The molecule has 0 saturated heterocycles. The van der Waals surface area contributed by atoms with Crippen LogP contribution < -0.4 is 5.73 Å². The first-order chi connectivity index (χ1) is 10.1. The normalized spacial score (nSPS) is 10.3. The van der Waals surface area contributed by atoms with Gasteiger partial charge in [0.1, 0.15) is 5.69 Å². The second-order valence-electron chi connectivity index (χ2n) is 4.19. The Morgan fingerprint density at radius 3 is 2.86 bits per heavy atom. The summed E-state index contributed by atoms with van der Waals surface area (Å²) in [5, 5.41) is 7.75. The number of carbonyl (C=O) groups is 2. The average molecular weight is 289 g/mol. The number of nitrogens with zero attached hydrogens (tertiary/aromatic N) is 4. The van der Waals surface area contributed by atoms with E-state index in [0.29, 0.717) is 11.3 Å². The number of aryl methyl sites for hydroxylation is 1. The highest BCUT2D eigenvalue weighted by molar-refractivity contribution is 5.94. The van der Waals surface area contributed by atoms with Crippen molar-refractivity contribution in [1.82, 2.24) is 20.0 Å². The summed E-state index contributed by atoms with van der Waals surface area (Å²) in [6, 6.07) is 3.50. The van der Waals surface area contributed by atoms with Crippen LogP contribution in [0, 0.1) is 0 Å². The molecule has 0 aromatic carbocycles. The molecule has 0 unspecified atom stereocenters. The third kappa shape index (κ3) is 3.41. The molecule has 1 amide bonds. The minimum absolute atomic E-state index is 0.0920. The molecule has 0 spiro atoms. The van der Waals surface area contributed by atoms with Gasteiger partial charge in [-0.2, -0.15) is 0 Å². The van der Waals surface area contributed by atoms with Crippen LogP contribution in [0.25, 0.3) is 11.3 Å². The molecular formula is C13H15N5O3. The molecule has 2 heterocycles. The number of rotatable bonds is 6. The van der Waals surface area contributed by atoms with Crippen LogP contribution in [-0.4, -0.2) is 38.5 Å². The number of amides is 1. The largest absolute Gasteiger partial charge is 0.461 e. The molecule has 21 heavy (non-hydrogen) atoms. The minimum Gasteiger partial charge on any atom is -0.461 e. The van der Waals surface area contributed by atoms with Crippen LogP contribution in [0.2, 0.25) is 0 Å². The van der Waals surface area contributed by atoms with Crippen molar-refractivity contribution in [1.29, 1.82) is 0 Å². The highest BCUT2D eigenvalue weighted by Crippen LogP contribution is 2.22. The monoisotopic (exact) mass is 289 g/mol. The zero-order valence-electron chi connectivity index (χ0n) is 11.5. The van der Waals surface area contributed by atoms with Crippen LogP contribution in [0.4, 0.5) is 0 Å². The summed E-state index contributed by atoms with van der Waals surface area (Å²) in [5.74, 6) is -1.03. The van der Waals surface area contributed by atoms with Gasteiger partial charge in [0.2, 0.25) is 5.91 Å². The first kappa shape index (κ1) is 14.6. The molecule has 0 aliphatic carbocycles.